The molecule has 0 aromatic heterocycles. The number of fused-ring (bicyclic) bond motifs is 2. The predicted molar refractivity (Wildman–Crippen MR) is 81.6 cm³/mol. The van der Waals surface area contributed by atoms with Gasteiger partial charge in [-0.25, -0.2) is 0 Å². The molecule has 20 heavy (non-hydrogen) atoms. The van der Waals surface area contributed by atoms with Crippen molar-refractivity contribution in [3.63, 3.8) is 0 Å². The van der Waals surface area contributed by atoms with Gasteiger partial charge < -0.3 is 10.1 Å². The summed E-state index contributed by atoms with van der Waals surface area (Å²) < 4.78 is 5.87. The summed E-state index contributed by atoms with van der Waals surface area (Å²) >= 11 is 3.33. The van der Waals surface area contributed by atoms with Gasteiger partial charge in [-0.2, -0.15) is 0 Å². The Morgan fingerprint density at radius 2 is 1.60 bits per heavy atom. The van der Waals surface area contributed by atoms with Gasteiger partial charge in [0.05, 0.1) is 5.92 Å². The molecule has 3 rings (SSSR count). The molecule has 2 aromatic carbocycles. The molecular weight excluding hydrogens is 318 g/mol. The fourth-order valence-electron chi connectivity index (χ4n) is 2.46. The number of rotatable bonds is 3. The molecule has 2 aromatic rings. The van der Waals surface area contributed by atoms with E-state index in [1.165, 1.54) is 0 Å². The lowest BCUT2D eigenvalue weighted by atomic mass is 9.87. The van der Waals surface area contributed by atoms with Crippen molar-refractivity contribution in [2.75, 3.05) is 11.9 Å². The standard InChI is InChI=1S/C16H14BrNO2/c17-9-10-18-16(19)15-11-5-1-3-7-13(11)20-14-8-4-2-6-12(14)15/h1-8,15H,9-10H2,(H,18,19). The maximum Gasteiger partial charge on any atom is 0.232 e. The Hall–Kier alpha value is -1.81. The molecule has 4 heteroatoms. The lowest BCUT2D eigenvalue weighted by molar-refractivity contribution is -0.121. The molecule has 1 heterocycles. The minimum atomic E-state index is -0.310. The minimum absolute atomic E-state index is 0.00708. The SMILES string of the molecule is O=C(NCCBr)C1c2ccccc2Oc2ccccc21. The molecule has 102 valence electrons. The zero-order valence-electron chi connectivity index (χ0n) is 10.8. The van der Waals surface area contributed by atoms with Crippen LogP contribution in [-0.2, 0) is 4.79 Å². The summed E-state index contributed by atoms with van der Waals surface area (Å²) in [6.45, 7) is 0.612. The quantitative estimate of drug-likeness (QED) is 0.875. The van der Waals surface area contributed by atoms with E-state index in [1.807, 2.05) is 48.5 Å². The zero-order chi connectivity index (χ0) is 13.9. The van der Waals surface area contributed by atoms with Crippen LogP contribution in [0.25, 0.3) is 0 Å². The van der Waals surface area contributed by atoms with Gasteiger partial charge in [-0.1, -0.05) is 52.3 Å². The third-order valence-corrected chi connectivity index (χ3v) is 3.73. The van der Waals surface area contributed by atoms with Crippen LogP contribution in [0.4, 0.5) is 0 Å². The van der Waals surface area contributed by atoms with Crippen LogP contribution < -0.4 is 10.1 Å². The maximum absolute atomic E-state index is 12.5. The Morgan fingerprint density at radius 1 is 1.05 bits per heavy atom. The number of amides is 1. The summed E-state index contributed by atoms with van der Waals surface area (Å²) in [7, 11) is 0. The van der Waals surface area contributed by atoms with E-state index in [0.717, 1.165) is 28.0 Å². The molecule has 1 aliphatic rings. The number of ether oxygens (including phenoxy) is 1. The fourth-order valence-corrected chi connectivity index (χ4v) is 2.66. The van der Waals surface area contributed by atoms with E-state index in [1.54, 1.807) is 0 Å². The molecule has 0 aliphatic carbocycles. The monoisotopic (exact) mass is 331 g/mol. The molecule has 0 radical (unpaired) electrons. The number of carbonyl (C=O) groups is 1. The van der Waals surface area contributed by atoms with Crippen LogP contribution in [0.5, 0.6) is 11.5 Å². The Labute approximate surface area is 126 Å². The highest BCUT2D eigenvalue weighted by Crippen LogP contribution is 2.43. The van der Waals surface area contributed by atoms with Gasteiger partial charge in [-0.3, -0.25) is 4.79 Å². The van der Waals surface area contributed by atoms with E-state index in [4.69, 9.17) is 4.74 Å². The summed E-state index contributed by atoms with van der Waals surface area (Å²) in [5.74, 6) is 1.21. The average molecular weight is 332 g/mol. The summed E-state index contributed by atoms with van der Waals surface area (Å²) in [5, 5.41) is 3.68. The van der Waals surface area contributed by atoms with Crippen molar-refractivity contribution < 1.29 is 9.53 Å². The van der Waals surface area contributed by atoms with Crippen molar-refractivity contribution in [2.24, 2.45) is 0 Å². The van der Waals surface area contributed by atoms with Gasteiger partial charge in [0, 0.05) is 23.0 Å². The number of para-hydroxylation sites is 2. The fraction of sp³-hybridized carbons (Fsp3) is 0.188. The van der Waals surface area contributed by atoms with E-state index in [-0.39, 0.29) is 11.8 Å². The second kappa shape index (κ2) is 5.67. The molecule has 0 saturated carbocycles. The first-order valence-corrected chi connectivity index (χ1v) is 7.63. The van der Waals surface area contributed by atoms with Gasteiger partial charge in [0.1, 0.15) is 11.5 Å². The van der Waals surface area contributed by atoms with Crippen molar-refractivity contribution in [1.29, 1.82) is 0 Å². The second-order valence-corrected chi connectivity index (χ2v) is 5.38. The van der Waals surface area contributed by atoms with Crippen LogP contribution in [0.2, 0.25) is 0 Å². The van der Waals surface area contributed by atoms with Gasteiger partial charge in [-0.15, -0.1) is 0 Å². The van der Waals surface area contributed by atoms with Gasteiger partial charge in [0.15, 0.2) is 0 Å². The highest BCUT2D eigenvalue weighted by Gasteiger charge is 2.31. The molecule has 0 bridgehead atoms. The Morgan fingerprint density at radius 3 is 2.15 bits per heavy atom. The highest BCUT2D eigenvalue weighted by molar-refractivity contribution is 9.09. The van der Waals surface area contributed by atoms with E-state index < -0.39 is 0 Å². The van der Waals surface area contributed by atoms with Crippen molar-refractivity contribution >= 4 is 21.8 Å². The van der Waals surface area contributed by atoms with Crippen LogP contribution in [0, 0.1) is 0 Å². The van der Waals surface area contributed by atoms with E-state index in [2.05, 4.69) is 21.2 Å². The first-order chi connectivity index (χ1) is 9.81. The summed E-state index contributed by atoms with van der Waals surface area (Å²) in [6.07, 6.45) is 0. The maximum atomic E-state index is 12.5. The minimum Gasteiger partial charge on any atom is -0.457 e. The number of benzene rings is 2. The predicted octanol–water partition coefficient (Wildman–Crippen LogP) is 3.44. The van der Waals surface area contributed by atoms with Crippen LogP contribution in [-0.4, -0.2) is 17.8 Å². The highest BCUT2D eigenvalue weighted by atomic mass is 79.9. The van der Waals surface area contributed by atoms with Gasteiger partial charge in [0.2, 0.25) is 5.91 Å². The molecule has 1 N–H and O–H groups in total. The normalized spacial score (nSPS) is 13.1. The topological polar surface area (TPSA) is 38.3 Å². The molecule has 3 nitrogen and oxygen atoms in total. The van der Waals surface area contributed by atoms with Crippen molar-refractivity contribution in [3.8, 4) is 11.5 Å². The molecular formula is C16H14BrNO2. The summed E-state index contributed by atoms with van der Waals surface area (Å²) in [4.78, 5) is 12.5. The van der Waals surface area contributed by atoms with Crippen molar-refractivity contribution in [3.05, 3.63) is 59.7 Å². The number of hydrogen-bond acceptors (Lipinski definition) is 2. The summed E-state index contributed by atoms with van der Waals surface area (Å²) in [6, 6.07) is 15.4. The number of alkyl halides is 1. The second-order valence-electron chi connectivity index (χ2n) is 4.59. The lowest BCUT2D eigenvalue weighted by Gasteiger charge is -2.27. The first kappa shape index (κ1) is 13.2. The molecule has 0 spiro atoms. The zero-order valence-corrected chi connectivity index (χ0v) is 12.4. The number of nitrogens with one attached hydrogen (secondary N) is 1. The van der Waals surface area contributed by atoms with Crippen molar-refractivity contribution in [1.82, 2.24) is 5.32 Å². The molecule has 0 unspecified atom stereocenters. The molecule has 0 fully saturated rings. The number of halogens is 1. The lowest BCUT2D eigenvalue weighted by Crippen LogP contribution is -2.32. The smallest absolute Gasteiger partial charge is 0.232 e. The summed E-state index contributed by atoms with van der Waals surface area (Å²) in [5.41, 5.74) is 1.83. The van der Waals surface area contributed by atoms with Gasteiger partial charge in [0.25, 0.3) is 0 Å². The van der Waals surface area contributed by atoms with Gasteiger partial charge in [-0.05, 0) is 12.1 Å². The third kappa shape index (κ3) is 2.31. The third-order valence-electron chi connectivity index (χ3n) is 3.34. The molecule has 0 saturated heterocycles. The van der Waals surface area contributed by atoms with E-state index in [0.29, 0.717) is 6.54 Å². The van der Waals surface area contributed by atoms with Crippen LogP contribution >= 0.6 is 15.9 Å². The first-order valence-electron chi connectivity index (χ1n) is 6.50. The van der Waals surface area contributed by atoms with Crippen LogP contribution in [0.15, 0.2) is 48.5 Å². The van der Waals surface area contributed by atoms with E-state index >= 15 is 0 Å². The van der Waals surface area contributed by atoms with Gasteiger partial charge >= 0.3 is 0 Å². The molecule has 1 aliphatic heterocycles. The molecule has 0 atom stereocenters. The van der Waals surface area contributed by atoms with E-state index in [9.17, 15) is 4.79 Å². The van der Waals surface area contributed by atoms with Crippen LogP contribution in [0.3, 0.4) is 0 Å². The Kier molecular flexibility index (Phi) is 3.74. The molecule has 1 amide bonds. The number of hydrogen-bond donors (Lipinski definition) is 1. The largest absolute Gasteiger partial charge is 0.457 e. The van der Waals surface area contributed by atoms with Crippen LogP contribution in [0.1, 0.15) is 17.0 Å². The Bertz CT molecular complexity index is 596. The Balaban J connectivity index is 2.05. The average Bonchev–Trinajstić information content (AvgIpc) is 2.50. The number of carbonyl (C=O) groups excluding carboxylic acids is 1. The van der Waals surface area contributed by atoms with Crippen molar-refractivity contribution in [2.45, 2.75) is 5.92 Å².